The number of benzene rings is 1. The Morgan fingerprint density at radius 2 is 1.84 bits per heavy atom. The molecule has 2 heterocycles. The van der Waals surface area contributed by atoms with Crippen LogP contribution in [0.15, 0.2) is 42.7 Å². The Morgan fingerprint density at radius 3 is 2.58 bits per heavy atom. The third-order valence-corrected chi connectivity index (χ3v) is 2.89. The maximum atomic E-state index is 9.50. The fourth-order valence-electron chi connectivity index (χ4n) is 1.91. The summed E-state index contributed by atoms with van der Waals surface area (Å²) in [6.45, 7) is 2.01. The number of nitrogens with zero attached hydrogens (tertiary/aromatic N) is 2. The van der Waals surface area contributed by atoms with Gasteiger partial charge in [-0.3, -0.25) is 0 Å². The topological polar surface area (TPSA) is 57.8 Å². The lowest BCUT2D eigenvalue weighted by molar-refractivity contribution is -0.00000553. The molecular weight excluding hydrogens is 264 g/mol. The monoisotopic (exact) mass is 275 g/mol. The molecule has 4 nitrogen and oxygen atoms in total. The van der Waals surface area contributed by atoms with E-state index in [0.29, 0.717) is 0 Å². The first-order valence-corrected chi connectivity index (χ1v) is 5.61. The van der Waals surface area contributed by atoms with Crippen LogP contribution in [0, 0.1) is 6.92 Å². The molecule has 3 aromatic rings. The van der Waals surface area contributed by atoms with Gasteiger partial charge in [-0.05, 0) is 42.8 Å². The standard InChI is InChI=1S/C14H12N2O2.ClH/c1-9-4-5-16-8-11(15-14(16)6-9)10-2-3-12(17)13(18)7-10;/h2-8,17-18H,1H3;1H/p-1. The molecule has 0 amide bonds. The molecule has 2 N–H and O–H groups in total. The quantitative estimate of drug-likeness (QED) is 0.601. The molecule has 0 aliphatic heterocycles. The smallest absolute Gasteiger partial charge is 0.158 e. The maximum Gasteiger partial charge on any atom is 0.158 e. The molecule has 0 radical (unpaired) electrons. The highest BCUT2D eigenvalue weighted by atomic mass is 35.5. The van der Waals surface area contributed by atoms with Crippen LogP contribution < -0.4 is 12.4 Å². The number of fused-ring (bicyclic) bond motifs is 1. The average Bonchev–Trinajstić information content (AvgIpc) is 2.75. The minimum atomic E-state index is -0.138. The molecule has 5 heteroatoms. The lowest BCUT2D eigenvalue weighted by atomic mass is 10.1. The summed E-state index contributed by atoms with van der Waals surface area (Å²) < 4.78 is 1.92. The van der Waals surface area contributed by atoms with Gasteiger partial charge >= 0.3 is 0 Å². The largest absolute Gasteiger partial charge is 1.00 e. The molecule has 0 saturated carbocycles. The lowest BCUT2D eigenvalue weighted by Gasteiger charge is -1.99. The zero-order chi connectivity index (χ0) is 12.7. The fraction of sp³-hybridized carbons (Fsp3) is 0.0714. The molecular formula is C14H12ClN2O2-. The predicted octanol–water partition coefficient (Wildman–Crippen LogP) is -0.275. The van der Waals surface area contributed by atoms with E-state index >= 15 is 0 Å². The second-order valence-corrected chi connectivity index (χ2v) is 4.30. The number of hydrogen-bond acceptors (Lipinski definition) is 3. The van der Waals surface area contributed by atoms with E-state index in [1.54, 1.807) is 6.07 Å². The van der Waals surface area contributed by atoms with Gasteiger partial charge in [0.05, 0.1) is 5.69 Å². The van der Waals surface area contributed by atoms with Gasteiger partial charge in [-0.15, -0.1) is 0 Å². The van der Waals surface area contributed by atoms with Crippen LogP contribution in [-0.4, -0.2) is 19.6 Å². The number of rotatable bonds is 1. The van der Waals surface area contributed by atoms with Crippen LogP contribution in [0.25, 0.3) is 16.9 Å². The number of hydrogen-bond donors (Lipinski definition) is 2. The fourth-order valence-corrected chi connectivity index (χ4v) is 1.91. The summed E-state index contributed by atoms with van der Waals surface area (Å²) in [4.78, 5) is 4.48. The van der Waals surface area contributed by atoms with Gasteiger partial charge in [-0.1, -0.05) is 0 Å². The Balaban J connectivity index is 0.00000133. The van der Waals surface area contributed by atoms with Crippen molar-refractivity contribution in [3.8, 4) is 22.8 Å². The lowest BCUT2D eigenvalue weighted by Crippen LogP contribution is -3.00. The molecule has 0 saturated heterocycles. The molecule has 0 aliphatic carbocycles. The van der Waals surface area contributed by atoms with Crippen LogP contribution in [0.1, 0.15) is 5.56 Å². The summed E-state index contributed by atoms with van der Waals surface area (Å²) in [5.74, 6) is -0.265. The van der Waals surface area contributed by atoms with Gasteiger partial charge in [-0.2, -0.15) is 0 Å². The zero-order valence-corrected chi connectivity index (χ0v) is 11.0. The second-order valence-electron chi connectivity index (χ2n) is 4.30. The van der Waals surface area contributed by atoms with Crippen LogP contribution in [0.5, 0.6) is 11.5 Å². The third kappa shape index (κ3) is 2.35. The van der Waals surface area contributed by atoms with E-state index in [4.69, 9.17) is 0 Å². The van der Waals surface area contributed by atoms with Gasteiger partial charge in [0.1, 0.15) is 5.65 Å². The van der Waals surface area contributed by atoms with E-state index in [0.717, 1.165) is 22.5 Å². The van der Waals surface area contributed by atoms with Crippen molar-refractivity contribution in [3.63, 3.8) is 0 Å². The molecule has 0 aliphatic rings. The molecule has 1 aromatic carbocycles. The minimum Gasteiger partial charge on any atom is -1.00 e. The zero-order valence-electron chi connectivity index (χ0n) is 10.2. The van der Waals surface area contributed by atoms with Crippen LogP contribution >= 0.6 is 0 Å². The SMILES string of the molecule is Cc1ccn2cc(-c3ccc(O)c(O)c3)nc2c1.[Cl-]. The van der Waals surface area contributed by atoms with Crippen LogP contribution in [-0.2, 0) is 0 Å². The van der Waals surface area contributed by atoms with E-state index < -0.39 is 0 Å². The summed E-state index contributed by atoms with van der Waals surface area (Å²) in [7, 11) is 0. The number of halogens is 1. The molecule has 0 bridgehead atoms. The Bertz CT molecular complexity index is 737. The van der Waals surface area contributed by atoms with Crippen LogP contribution in [0.4, 0.5) is 0 Å². The third-order valence-electron chi connectivity index (χ3n) is 2.89. The van der Waals surface area contributed by atoms with Crippen molar-refractivity contribution in [2.24, 2.45) is 0 Å². The highest BCUT2D eigenvalue weighted by Gasteiger charge is 2.07. The van der Waals surface area contributed by atoms with Gasteiger partial charge < -0.3 is 27.0 Å². The van der Waals surface area contributed by atoms with Crippen molar-refractivity contribution >= 4 is 5.65 Å². The highest BCUT2D eigenvalue weighted by Crippen LogP contribution is 2.30. The van der Waals surface area contributed by atoms with Gasteiger partial charge in [0.15, 0.2) is 11.5 Å². The Labute approximate surface area is 116 Å². The Morgan fingerprint density at radius 1 is 1.05 bits per heavy atom. The molecule has 98 valence electrons. The first-order valence-electron chi connectivity index (χ1n) is 5.61. The first-order chi connectivity index (χ1) is 8.63. The number of aryl methyl sites for hydroxylation is 1. The normalized spacial score (nSPS) is 10.4. The van der Waals surface area contributed by atoms with E-state index in [-0.39, 0.29) is 23.9 Å². The van der Waals surface area contributed by atoms with Gasteiger partial charge in [0.2, 0.25) is 0 Å². The van der Waals surface area contributed by atoms with E-state index in [1.807, 2.05) is 35.9 Å². The summed E-state index contributed by atoms with van der Waals surface area (Å²) >= 11 is 0. The van der Waals surface area contributed by atoms with Crippen LogP contribution in [0.3, 0.4) is 0 Å². The molecule has 0 fully saturated rings. The van der Waals surface area contributed by atoms with Crippen molar-refractivity contribution < 1.29 is 22.6 Å². The van der Waals surface area contributed by atoms with Crippen molar-refractivity contribution in [2.75, 3.05) is 0 Å². The van der Waals surface area contributed by atoms with E-state index in [1.165, 1.54) is 12.1 Å². The first kappa shape index (κ1) is 13.2. The molecule has 2 aromatic heterocycles. The van der Waals surface area contributed by atoms with Crippen LogP contribution in [0.2, 0.25) is 0 Å². The Kier molecular flexibility index (Phi) is 3.36. The molecule has 3 rings (SSSR count). The van der Waals surface area contributed by atoms with Crippen molar-refractivity contribution in [2.45, 2.75) is 6.92 Å². The highest BCUT2D eigenvalue weighted by molar-refractivity contribution is 5.66. The number of phenols is 2. The maximum absolute atomic E-state index is 9.50. The summed E-state index contributed by atoms with van der Waals surface area (Å²) in [6, 6.07) is 8.68. The van der Waals surface area contributed by atoms with E-state index in [2.05, 4.69) is 4.98 Å². The summed E-state index contributed by atoms with van der Waals surface area (Å²) in [5, 5.41) is 18.8. The predicted molar refractivity (Wildman–Crippen MR) is 68.7 cm³/mol. The molecule has 19 heavy (non-hydrogen) atoms. The number of aromatic nitrogens is 2. The minimum absolute atomic E-state index is 0. The van der Waals surface area contributed by atoms with Crippen molar-refractivity contribution in [3.05, 3.63) is 48.3 Å². The second kappa shape index (κ2) is 4.82. The number of imidazole rings is 1. The van der Waals surface area contributed by atoms with Crippen molar-refractivity contribution in [1.82, 2.24) is 9.38 Å². The summed E-state index contributed by atoms with van der Waals surface area (Å²) in [6.07, 6.45) is 3.84. The molecule has 0 atom stereocenters. The van der Waals surface area contributed by atoms with E-state index in [9.17, 15) is 10.2 Å². The summed E-state index contributed by atoms with van der Waals surface area (Å²) in [5.41, 5.74) is 3.54. The van der Waals surface area contributed by atoms with Gasteiger partial charge in [0, 0.05) is 18.0 Å². The Hall–Kier alpha value is -2.20. The average molecular weight is 276 g/mol. The van der Waals surface area contributed by atoms with Crippen molar-refractivity contribution in [1.29, 1.82) is 0 Å². The number of aromatic hydroxyl groups is 2. The van der Waals surface area contributed by atoms with Gasteiger partial charge in [-0.25, -0.2) is 4.98 Å². The number of pyridine rings is 1. The molecule has 0 unspecified atom stereocenters. The molecule has 0 spiro atoms. The number of phenolic OH excluding ortho intramolecular Hbond substituents is 2. The van der Waals surface area contributed by atoms with Gasteiger partial charge in [0.25, 0.3) is 0 Å².